The summed E-state index contributed by atoms with van der Waals surface area (Å²) in [6.45, 7) is 5.64. The van der Waals surface area contributed by atoms with E-state index in [1.165, 1.54) is 0 Å². The van der Waals surface area contributed by atoms with Crippen LogP contribution < -0.4 is 14.8 Å². The highest BCUT2D eigenvalue weighted by atomic mass is 16.5. The Kier molecular flexibility index (Phi) is 5.09. The zero-order valence-corrected chi connectivity index (χ0v) is 13.5. The lowest BCUT2D eigenvalue weighted by Crippen LogP contribution is -2.44. The molecule has 1 unspecified atom stereocenters. The molecule has 0 bridgehead atoms. The van der Waals surface area contributed by atoms with Crippen LogP contribution in [0.2, 0.25) is 0 Å². The Morgan fingerprint density at radius 2 is 2.00 bits per heavy atom. The SMILES string of the molecule is CCOc1ccc(OCc2nc(C3CNCCN3C)no2)cc1. The van der Waals surface area contributed by atoms with Gasteiger partial charge in [0.2, 0.25) is 0 Å². The van der Waals surface area contributed by atoms with Crippen LogP contribution in [0.25, 0.3) is 0 Å². The standard InChI is InChI=1S/C16H22N4O3/c1-3-21-12-4-6-13(7-5-12)22-11-15-18-16(19-23-15)14-10-17-8-9-20(14)2/h4-7,14,17H,3,8-11H2,1-2H3. The van der Waals surface area contributed by atoms with Crippen molar-refractivity contribution in [1.82, 2.24) is 20.4 Å². The van der Waals surface area contributed by atoms with Crippen LogP contribution >= 0.6 is 0 Å². The molecule has 3 rings (SSSR count). The molecule has 1 N–H and O–H groups in total. The van der Waals surface area contributed by atoms with E-state index < -0.39 is 0 Å². The maximum Gasteiger partial charge on any atom is 0.264 e. The number of hydrogen-bond donors (Lipinski definition) is 1. The number of likely N-dealkylation sites (N-methyl/N-ethyl adjacent to an activating group) is 1. The van der Waals surface area contributed by atoms with E-state index in [1.807, 2.05) is 31.2 Å². The molecule has 2 aromatic rings. The maximum atomic E-state index is 5.67. The largest absolute Gasteiger partial charge is 0.494 e. The molecule has 1 aliphatic rings. The predicted molar refractivity (Wildman–Crippen MR) is 84.5 cm³/mol. The molecule has 7 heteroatoms. The van der Waals surface area contributed by atoms with Crippen molar-refractivity contribution in [2.24, 2.45) is 0 Å². The zero-order chi connectivity index (χ0) is 16.1. The zero-order valence-electron chi connectivity index (χ0n) is 13.5. The molecular formula is C16H22N4O3. The van der Waals surface area contributed by atoms with Crippen molar-refractivity contribution < 1.29 is 14.0 Å². The third-order valence-corrected chi connectivity index (χ3v) is 3.79. The van der Waals surface area contributed by atoms with Gasteiger partial charge in [-0.2, -0.15) is 4.98 Å². The van der Waals surface area contributed by atoms with Crippen LogP contribution in [-0.2, 0) is 6.61 Å². The number of benzene rings is 1. The quantitative estimate of drug-likeness (QED) is 0.867. The van der Waals surface area contributed by atoms with Crippen molar-refractivity contribution in [3.63, 3.8) is 0 Å². The molecule has 1 atom stereocenters. The number of hydrogen-bond acceptors (Lipinski definition) is 7. The van der Waals surface area contributed by atoms with Gasteiger partial charge in [-0.25, -0.2) is 0 Å². The minimum absolute atomic E-state index is 0.145. The van der Waals surface area contributed by atoms with Crippen molar-refractivity contribution in [3.05, 3.63) is 36.0 Å². The highest BCUT2D eigenvalue weighted by Gasteiger charge is 2.25. The van der Waals surface area contributed by atoms with Crippen LogP contribution in [0.4, 0.5) is 0 Å². The van der Waals surface area contributed by atoms with Gasteiger partial charge in [0.25, 0.3) is 5.89 Å². The first-order valence-corrected chi connectivity index (χ1v) is 7.85. The Hall–Kier alpha value is -2.12. The van der Waals surface area contributed by atoms with Gasteiger partial charge in [0.15, 0.2) is 12.4 Å². The summed E-state index contributed by atoms with van der Waals surface area (Å²) in [5, 5.41) is 7.41. The van der Waals surface area contributed by atoms with Gasteiger partial charge in [0.1, 0.15) is 11.5 Å². The summed E-state index contributed by atoms with van der Waals surface area (Å²) in [5.74, 6) is 2.75. The molecule has 0 saturated carbocycles. The Balaban J connectivity index is 1.56. The van der Waals surface area contributed by atoms with Gasteiger partial charge in [0, 0.05) is 19.6 Å². The van der Waals surface area contributed by atoms with Crippen molar-refractivity contribution in [3.8, 4) is 11.5 Å². The van der Waals surface area contributed by atoms with E-state index in [4.69, 9.17) is 14.0 Å². The van der Waals surface area contributed by atoms with Crippen LogP contribution in [0.15, 0.2) is 28.8 Å². The molecule has 7 nitrogen and oxygen atoms in total. The number of ether oxygens (including phenoxy) is 2. The average Bonchev–Trinajstić information content (AvgIpc) is 3.04. The smallest absolute Gasteiger partial charge is 0.264 e. The number of aromatic nitrogens is 2. The van der Waals surface area contributed by atoms with Crippen LogP contribution in [0.3, 0.4) is 0 Å². The van der Waals surface area contributed by atoms with Crippen molar-refractivity contribution in [1.29, 1.82) is 0 Å². The number of piperazine rings is 1. The van der Waals surface area contributed by atoms with E-state index in [0.29, 0.717) is 18.3 Å². The predicted octanol–water partition coefficient (Wildman–Crippen LogP) is 1.62. The molecule has 0 radical (unpaired) electrons. The van der Waals surface area contributed by atoms with E-state index in [2.05, 4.69) is 27.4 Å². The van der Waals surface area contributed by atoms with Crippen molar-refractivity contribution in [2.45, 2.75) is 19.6 Å². The minimum Gasteiger partial charge on any atom is -0.494 e. The van der Waals surface area contributed by atoms with Gasteiger partial charge in [-0.15, -0.1) is 0 Å². The highest BCUT2D eigenvalue weighted by molar-refractivity contribution is 5.31. The van der Waals surface area contributed by atoms with Gasteiger partial charge in [-0.3, -0.25) is 4.90 Å². The first-order chi connectivity index (χ1) is 11.3. The first-order valence-electron chi connectivity index (χ1n) is 7.85. The van der Waals surface area contributed by atoms with Crippen LogP contribution in [0.5, 0.6) is 11.5 Å². The number of nitrogens with one attached hydrogen (secondary N) is 1. The van der Waals surface area contributed by atoms with Gasteiger partial charge >= 0.3 is 0 Å². The van der Waals surface area contributed by atoms with E-state index >= 15 is 0 Å². The second-order valence-corrected chi connectivity index (χ2v) is 5.44. The molecule has 2 heterocycles. The van der Waals surface area contributed by atoms with Crippen molar-refractivity contribution in [2.75, 3.05) is 33.3 Å². The molecular weight excluding hydrogens is 296 g/mol. The van der Waals surface area contributed by atoms with E-state index in [-0.39, 0.29) is 12.6 Å². The van der Waals surface area contributed by atoms with E-state index in [1.54, 1.807) is 0 Å². The minimum atomic E-state index is 0.145. The summed E-state index contributed by atoms with van der Waals surface area (Å²) in [5.41, 5.74) is 0. The normalized spacial score (nSPS) is 18.8. The van der Waals surface area contributed by atoms with Crippen molar-refractivity contribution >= 4 is 0 Å². The molecule has 1 aliphatic heterocycles. The highest BCUT2D eigenvalue weighted by Crippen LogP contribution is 2.20. The van der Waals surface area contributed by atoms with Crippen LogP contribution in [-0.4, -0.2) is 48.3 Å². The average molecular weight is 318 g/mol. The number of nitrogens with zero attached hydrogens (tertiary/aromatic N) is 3. The summed E-state index contributed by atoms with van der Waals surface area (Å²) < 4.78 is 16.4. The third-order valence-electron chi connectivity index (χ3n) is 3.79. The lowest BCUT2D eigenvalue weighted by atomic mass is 10.2. The third kappa shape index (κ3) is 4.00. The Morgan fingerprint density at radius 1 is 1.26 bits per heavy atom. The monoisotopic (exact) mass is 318 g/mol. The van der Waals surface area contributed by atoms with Gasteiger partial charge < -0.3 is 19.3 Å². The lowest BCUT2D eigenvalue weighted by Gasteiger charge is -2.30. The summed E-state index contributed by atoms with van der Waals surface area (Å²) in [6, 6.07) is 7.62. The fourth-order valence-electron chi connectivity index (χ4n) is 2.50. The molecule has 1 aromatic heterocycles. The molecule has 0 aliphatic carbocycles. The molecule has 1 saturated heterocycles. The molecule has 0 spiro atoms. The van der Waals surface area contributed by atoms with E-state index in [9.17, 15) is 0 Å². The molecule has 0 amide bonds. The maximum absolute atomic E-state index is 5.67. The summed E-state index contributed by atoms with van der Waals surface area (Å²) in [6.07, 6.45) is 0. The summed E-state index contributed by atoms with van der Waals surface area (Å²) >= 11 is 0. The fraction of sp³-hybridized carbons (Fsp3) is 0.500. The van der Waals surface area contributed by atoms with Gasteiger partial charge in [-0.05, 0) is 38.2 Å². The van der Waals surface area contributed by atoms with E-state index in [0.717, 1.165) is 31.1 Å². The molecule has 1 fully saturated rings. The van der Waals surface area contributed by atoms with Gasteiger partial charge in [-0.1, -0.05) is 5.16 Å². The topological polar surface area (TPSA) is 72.7 Å². The molecule has 1 aromatic carbocycles. The van der Waals surface area contributed by atoms with Gasteiger partial charge in [0.05, 0.1) is 12.6 Å². The molecule has 124 valence electrons. The fourth-order valence-corrected chi connectivity index (χ4v) is 2.50. The second-order valence-electron chi connectivity index (χ2n) is 5.44. The Morgan fingerprint density at radius 3 is 2.70 bits per heavy atom. The summed E-state index contributed by atoms with van der Waals surface area (Å²) in [7, 11) is 2.07. The number of rotatable bonds is 6. The van der Waals surface area contributed by atoms with Crippen LogP contribution in [0.1, 0.15) is 24.7 Å². The van der Waals surface area contributed by atoms with Crippen LogP contribution in [0, 0.1) is 0 Å². The first kappa shape index (κ1) is 15.8. The Labute approximate surface area is 135 Å². The second kappa shape index (κ2) is 7.43. The summed E-state index contributed by atoms with van der Waals surface area (Å²) in [4.78, 5) is 6.66. The Bertz CT molecular complexity index is 614. The molecule has 23 heavy (non-hydrogen) atoms. The lowest BCUT2D eigenvalue weighted by molar-refractivity contribution is 0.189.